The summed E-state index contributed by atoms with van der Waals surface area (Å²) in [5, 5.41) is 12.2. The molecule has 0 aromatic carbocycles. The van der Waals surface area contributed by atoms with Crippen molar-refractivity contribution in [1.29, 1.82) is 0 Å². The van der Waals surface area contributed by atoms with Crippen LogP contribution < -0.4 is 5.32 Å². The van der Waals surface area contributed by atoms with E-state index in [9.17, 15) is 9.90 Å². The lowest BCUT2D eigenvalue weighted by Crippen LogP contribution is -2.35. The second-order valence-corrected chi connectivity index (χ2v) is 6.24. The van der Waals surface area contributed by atoms with E-state index < -0.39 is 0 Å². The molecule has 1 unspecified atom stereocenters. The number of hydrogen-bond donors (Lipinski definition) is 2. The van der Waals surface area contributed by atoms with Crippen molar-refractivity contribution in [1.82, 2.24) is 5.32 Å². The van der Waals surface area contributed by atoms with Crippen molar-refractivity contribution in [3.8, 4) is 0 Å². The van der Waals surface area contributed by atoms with Gasteiger partial charge in [0.05, 0.1) is 6.10 Å². The number of furan rings is 1. The zero-order valence-corrected chi connectivity index (χ0v) is 12.8. The molecule has 2 N–H and O–H groups in total. The van der Waals surface area contributed by atoms with Gasteiger partial charge in [0.2, 0.25) is 0 Å². The van der Waals surface area contributed by atoms with Crippen molar-refractivity contribution in [2.24, 2.45) is 5.41 Å². The van der Waals surface area contributed by atoms with E-state index in [-0.39, 0.29) is 17.4 Å². The van der Waals surface area contributed by atoms with Gasteiger partial charge in [-0.3, -0.25) is 4.79 Å². The molecule has 1 atom stereocenters. The number of rotatable bonds is 5. The molecule has 0 aliphatic carbocycles. The number of hydrogen-bond acceptors (Lipinski definition) is 3. The lowest BCUT2D eigenvalue weighted by molar-refractivity contribution is 0.0874. The summed E-state index contributed by atoms with van der Waals surface area (Å²) in [4.78, 5) is 11.9. The predicted molar refractivity (Wildman–Crippen MR) is 73.6 cm³/mol. The minimum Gasteiger partial charge on any atom is -0.444 e. The van der Waals surface area contributed by atoms with Gasteiger partial charge >= 0.3 is 0 Å². The fourth-order valence-electron chi connectivity index (χ4n) is 1.94. The zero-order valence-electron chi connectivity index (χ0n) is 11.2. The van der Waals surface area contributed by atoms with Gasteiger partial charge in [0, 0.05) is 12.1 Å². The van der Waals surface area contributed by atoms with Crippen LogP contribution in [0, 0.1) is 12.3 Å². The van der Waals surface area contributed by atoms with Gasteiger partial charge in [-0.05, 0) is 47.7 Å². The maximum absolute atomic E-state index is 11.9. The van der Waals surface area contributed by atoms with E-state index in [0.717, 1.165) is 5.56 Å². The van der Waals surface area contributed by atoms with Crippen LogP contribution in [0.3, 0.4) is 0 Å². The van der Waals surface area contributed by atoms with Crippen LogP contribution in [0.25, 0.3) is 0 Å². The molecule has 0 bridgehead atoms. The highest BCUT2D eigenvalue weighted by atomic mass is 79.9. The second-order valence-electron chi connectivity index (χ2n) is 5.46. The SMILES string of the molecule is Cc1cc(Br)oc1C(=O)NCC(C)(C)CC(C)O. The lowest BCUT2D eigenvalue weighted by atomic mass is 9.87. The Kier molecular flexibility index (Phi) is 4.99. The van der Waals surface area contributed by atoms with Gasteiger partial charge in [0.25, 0.3) is 5.91 Å². The van der Waals surface area contributed by atoms with Crippen molar-refractivity contribution < 1.29 is 14.3 Å². The summed E-state index contributed by atoms with van der Waals surface area (Å²) in [5.41, 5.74) is 0.648. The highest BCUT2D eigenvalue weighted by Crippen LogP contribution is 2.22. The van der Waals surface area contributed by atoms with Crippen LogP contribution in [0.15, 0.2) is 15.2 Å². The highest BCUT2D eigenvalue weighted by Gasteiger charge is 2.23. The molecule has 1 amide bonds. The number of nitrogens with one attached hydrogen (secondary N) is 1. The molecular weight excluding hydrogens is 298 g/mol. The summed E-state index contributed by atoms with van der Waals surface area (Å²) >= 11 is 3.19. The van der Waals surface area contributed by atoms with Crippen LogP contribution in [-0.4, -0.2) is 23.7 Å². The Morgan fingerprint density at radius 1 is 1.61 bits per heavy atom. The fourth-order valence-corrected chi connectivity index (χ4v) is 2.45. The summed E-state index contributed by atoms with van der Waals surface area (Å²) in [5.74, 6) is 0.103. The van der Waals surface area contributed by atoms with E-state index in [2.05, 4.69) is 21.2 Å². The third kappa shape index (κ3) is 4.46. The van der Waals surface area contributed by atoms with E-state index >= 15 is 0 Å². The van der Waals surface area contributed by atoms with Crippen LogP contribution in [-0.2, 0) is 0 Å². The topological polar surface area (TPSA) is 62.5 Å². The Morgan fingerprint density at radius 2 is 2.22 bits per heavy atom. The molecular formula is C13H20BrNO3. The van der Waals surface area contributed by atoms with E-state index in [0.29, 0.717) is 23.4 Å². The first kappa shape index (κ1) is 15.2. The van der Waals surface area contributed by atoms with Crippen molar-refractivity contribution in [2.45, 2.75) is 40.2 Å². The molecule has 1 heterocycles. The molecule has 1 aromatic heterocycles. The van der Waals surface area contributed by atoms with Crippen molar-refractivity contribution in [3.05, 3.63) is 22.1 Å². The van der Waals surface area contributed by atoms with Gasteiger partial charge in [-0.2, -0.15) is 0 Å². The van der Waals surface area contributed by atoms with E-state index in [1.54, 1.807) is 13.0 Å². The number of aliphatic hydroxyl groups excluding tert-OH is 1. The summed E-state index contributed by atoms with van der Waals surface area (Å²) in [7, 11) is 0. The summed E-state index contributed by atoms with van der Waals surface area (Å²) < 4.78 is 5.83. The smallest absolute Gasteiger partial charge is 0.287 e. The first-order valence-corrected chi connectivity index (χ1v) is 6.73. The number of carbonyl (C=O) groups is 1. The molecule has 1 aromatic rings. The number of amides is 1. The van der Waals surface area contributed by atoms with Crippen molar-refractivity contribution in [2.75, 3.05) is 6.54 Å². The van der Waals surface area contributed by atoms with E-state index in [1.165, 1.54) is 0 Å². The first-order valence-electron chi connectivity index (χ1n) is 5.93. The van der Waals surface area contributed by atoms with Crippen LogP contribution in [0.1, 0.15) is 43.3 Å². The Hall–Kier alpha value is -0.810. The van der Waals surface area contributed by atoms with Gasteiger partial charge in [0.1, 0.15) is 0 Å². The lowest BCUT2D eigenvalue weighted by Gasteiger charge is -2.26. The molecule has 0 fully saturated rings. The average Bonchev–Trinajstić information content (AvgIpc) is 2.52. The Labute approximate surface area is 116 Å². The quantitative estimate of drug-likeness (QED) is 0.877. The Balaban J connectivity index is 2.59. The van der Waals surface area contributed by atoms with Gasteiger partial charge < -0.3 is 14.8 Å². The average molecular weight is 318 g/mol. The molecule has 0 aliphatic heterocycles. The van der Waals surface area contributed by atoms with E-state index in [1.807, 2.05) is 20.8 Å². The molecule has 1 rings (SSSR count). The molecule has 0 spiro atoms. The normalized spacial score (nSPS) is 13.4. The summed E-state index contributed by atoms with van der Waals surface area (Å²) in [6, 6.07) is 1.76. The molecule has 4 nitrogen and oxygen atoms in total. The van der Waals surface area contributed by atoms with Gasteiger partial charge in [-0.25, -0.2) is 0 Å². The standard InChI is InChI=1S/C13H20BrNO3/c1-8-5-10(14)18-11(8)12(17)15-7-13(3,4)6-9(2)16/h5,9,16H,6-7H2,1-4H3,(H,15,17). The highest BCUT2D eigenvalue weighted by molar-refractivity contribution is 9.10. The third-order valence-electron chi connectivity index (χ3n) is 2.67. The first-order chi connectivity index (χ1) is 8.21. The molecule has 18 heavy (non-hydrogen) atoms. The van der Waals surface area contributed by atoms with Crippen molar-refractivity contribution >= 4 is 21.8 Å². The predicted octanol–water partition coefficient (Wildman–Crippen LogP) is 2.88. The summed E-state index contributed by atoms with van der Waals surface area (Å²) in [6.07, 6.45) is 0.255. The van der Waals surface area contributed by atoms with Crippen LogP contribution in [0.2, 0.25) is 0 Å². The largest absolute Gasteiger partial charge is 0.444 e. The van der Waals surface area contributed by atoms with Crippen LogP contribution >= 0.6 is 15.9 Å². The van der Waals surface area contributed by atoms with Gasteiger partial charge in [-0.1, -0.05) is 13.8 Å². The number of aliphatic hydroxyl groups is 1. The number of halogens is 1. The maximum Gasteiger partial charge on any atom is 0.287 e. The Bertz CT molecular complexity index is 424. The molecule has 0 saturated heterocycles. The van der Waals surface area contributed by atoms with Gasteiger partial charge in [-0.15, -0.1) is 0 Å². The van der Waals surface area contributed by atoms with Crippen LogP contribution in [0.4, 0.5) is 0 Å². The molecule has 0 saturated carbocycles. The molecule has 0 aliphatic rings. The van der Waals surface area contributed by atoms with Crippen molar-refractivity contribution in [3.63, 3.8) is 0 Å². The fraction of sp³-hybridized carbons (Fsp3) is 0.615. The zero-order chi connectivity index (χ0) is 13.9. The third-order valence-corrected chi connectivity index (χ3v) is 3.06. The second kappa shape index (κ2) is 5.89. The molecule has 5 heteroatoms. The van der Waals surface area contributed by atoms with Crippen LogP contribution in [0.5, 0.6) is 0 Å². The summed E-state index contributed by atoms with van der Waals surface area (Å²) in [6.45, 7) is 8.08. The maximum atomic E-state index is 11.9. The number of aryl methyl sites for hydroxylation is 1. The minimum atomic E-state index is -0.378. The molecule has 0 radical (unpaired) electrons. The number of carbonyl (C=O) groups excluding carboxylic acids is 1. The monoisotopic (exact) mass is 317 g/mol. The van der Waals surface area contributed by atoms with Gasteiger partial charge in [0.15, 0.2) is 10.4 Å². The molecule has 102 valence electrons. The van der Waals surface area contributed by atoms with E-state index in [4.69, 9.17) is 4.42 Å². The minimum absolute atomic E-state index is 0.151. The Morgan fingerprint density at radius 3 is 2.67 bits per heavy atom.